The van der Waals surface area contributed by atoms with E-state index in [9.17, 15) is 13.2 Å². The number of benzene rings is 2. The lowest BCUT2D eigenvalue weighted by atomic mass is 10.3. The van der Waals surface area contributed by atoms with E-state index in [4.69, 9.17) is 16.3 Å². The van der Waals surface area contributed by atoms with Crippen molar-refractivity contribution >= 4 is 39.2 Å². The van der Waals surface area contributed by atoms with Crippen LogP contribution in [0.4, 0.5) is 11.6 Å². The van der Waals surface area contributed by atoms with Gasteiger partial charge in [-0.1, -0.05) is 11.6 Å². The van der Waals surface area contributed by atoms with Gasteiger partial charge < -0.3 is 10.1 Å². The zero-order valence-electron chi connectivity index (χ0n) is 15.2. The number of carbonyl (C=O) groups excluding carboxylic acids is 1. The van der Waals surface area contributed by atoms with Crippen LogP contribution in [-0.2, 0) is 14.8 Å². The van der Waals surface area contributed by atoms with Crippen LogP contribution in [0.5, 0.6) is 5.75 Å². The molecular weight excluding hydrogens is 416 g/mol. The van der Waals surface area contributed by atoms with E-state index in [0.29, 0.717) is 16.5 Å². The van der Waals surface area contributed by atoms with E-state index in [1.165, 1.54) is 36.7 Å². The summed E-state index contributed by atoms with van der Waals surface area (Å²) in [5.74, 6) is 0.0946. The minimum absolute atomic E-state index is 0.00779. The van der Waals surface area contributed by atoms with Crippen LogP contribution in [-0.4, -0.2) is 30.4 Å². The van der Waals surface area contributed by atoms with Crippen molar-refractivity contribution in [3.8, 4) is 5.75 Å². The summed E-state index contributed by atoms with van der Waals surface area (Å²) in [5.41, 5.74) is 0.427. The van der Waals surface area contributed by atoms with Crippen molar-refractivity contribution < 1.29 is 17.9 Å². The lowest BCUT2D eigenvalue weighted by Gasteiger charge is -2.15. The summed E-state index contributed by atoms with van der Waals surface area (Å²) >= 11 is 5.82. The molecular formula is C19H17ClN4O4S. The summed E-state index contributed by atoms with van der Waals surface area (Å²) in [6.45, 7) is 1.60. The molecule has 8 nitrogen and oxygen atoms in total. The molecule has 0 aliphatic carbocycles. The fourth-order valence-corrected chi connectivity index (χ4v) is 3.35. The molecule has 1 heterocycles. The molecule has 0 aliphatic heterocycles. The highest BCUT2D eigenvalue weighted by Crippen LogP contribution is 2.19. The fourth-order valence-electron chi connectivity index (χ4n) is 2.26. The van der Waals surface area contributed by atoms with Crippen molar-refractivity contribution in [1.82, 2.24) is 9.97 Å². The van der Waals surface area contributed by atoms with Gasteiger partial charge in [-0.3, -0.25) is 4.79 Å². The van der Waals surface area contributed by atoms with Crippen LogP contribution in [0, 0.1) is 0 Å². The van der Waals surface area contributed by atoms with Crippen molar-refractivity contribution in [3.05, 3.63) is 72.0 Å². The maximum absolute atomic E-state index is 12.4. The SMILES string of the molecule is CC(Oc1ccc(Cl)cc1)C(=O)Nc1ccc(S(=O)(=O)Nc2ncccn2)cc1. The quantitative estimate of drug-likeness (QED) is 0.592. The molecule has 0 spiro atoms. The molecule has 0 saturated heterocycles. The molecule has 3 aromatic rings. The predicted molar refractivity (Wildman–Crippen MR) is 109 cm³/mol. The first-order valence-electron chi connectivity index (χ1n) is 8.46. The molecule has 2 N–H and O–H groups in total. The number of hydrogen-bond acceptors (Lipinski definition) is 6. The second-order valence-electron chi connectivity index (χ2n) is 5.91. The third-order valence-corrected chi connectivity index (χ3v) is 5.32. The lowest BCUT2D eigenvalue weighted by molar-refractivity contribution is -0.122. The van der Waals surface area contributed by atoms with Crippen LogP contribution >= 0.6 is 11.6 Å². The van der Waals surface area contributed by atoms with Crippen molar-refractivity contribution in [2.75, 3.05) is 10.0 Å². The van der Waals surface area contributed by atoms with Gasteiger partial charge in [0.2, 0.25) is 5.95 Å². The number of nitrogens with one attached hydrogen (secondary N) is 2. The van der Waals surface area contributed by atoms with Gasteiger partial charge in [0.15, 0.2) is 6.10 Å². The first-order valence-corrected chi connectivity index (χ1v) is 10.3. The van der Waals surface area contributed by atoms with Gasteiger partial charge in [-0.2, -0.15) is 0 Å². The van der Waals surface area contributed by atoms with Crippen molar-refractivity contribution in [1.29, 1.82) is 0 Å². The first kappa shape index (κ1) is 20.6. The summed E-state index contributed by atoms with van der Waals surface area (Å²) < 4.78 is 32.6. The Bertz CT molecular complexity index is 1080. The van der Waals surface area contributed by atoms with Gasteiger partial charge in [0.1, 0.15) is 5.75 Å². The van der Waals surface area contributed by atoms with Gasteiger partial charge in [-0.15, -0.1) is 0 Å². The monoisotopic (exact) mass is 432 g/mol. The molecule has 0 aliphatic rings. The second-order valence-corrected chi connectivity index (χ2v) is 8.02. The molecule has 3 rings (SSSR count). The minimum atomic E-state index is -3.84. The number of halogens is 1. The Morgan fingerprint density at radius 3 is 2.28 bits per heavy atom. The average molecular weight is 433 g/mol. The Hall–Kier alpha value is -3.17. The smallest absolute Gasteiger partial charge is 0.265 e. The van der Waals surface area contributed by atoms with Crippen LogP contribution in [0.1, 0.15) is 6.92 Å². The molecule has 150 valence electrons. The number of rotatable bonds is 7. The molecule has 0 radical (unpaired) electrons. The molecule has 0 bridgehead atoms. The van der Waals surface area contributed by atoms with Crippen molar-refractivity contribution in [3.63, 3.8) is 0 Å². The summed E-state index contributed by atoms with van der Waals surface area (Å²) in [6.07, 6.45) is 2.09. The van der Waals surface area contributed by atoms with Crippen molar-refractivity contribution in [2.24, 2.45) is 0 Å². The molecule has 1 aromatic heterocycles. The number of ether oxygens (including phenoxy) is 1. The highest BCUT2D eigenvalue weighted by Gasteiger charge is 2.17. The van der Waals surface area contributed by atoms with E-state index in [1.807, 2.05) is 0 Å². The molecule has 10 heteroatoms. The van der Waals surface area contributed by atoms with E-state index in [0.717, 1.165) is 0 Å². The predicted octanol–water partition coefficient (Wildman–Crippen LogP) is 3.34. The maximum atomic E-state index is 12.4. The standard InChI is InChI=1S/C19H17ClN4O4S/c1-13(28-16-7-3-14(20)4-8-16)18(25)23-15-5-9-17(10-6-15)29(26,27)24-19-21-11-2-12-22-19/h2-13H,1H3,(H,23,25)(H,21,22,24). The van der Waals surface area contributed by atoms with Crippen LogP contribution in [0.2, 0.25) is 5.02 Å². The first-order chi connectivity index (χ1) is 13.8. The zero-order chi connectivity index (χ0) is 20.9. The number of aromatic nitrogens is 2. The molecule has 2 aromatic carbocycles. The molecule has 0 fully saturated rings. The Morgan fingerprint density at radius 2 is 1.66 bits per heavy atom. The summed E-state index contributed by atoms with van der Waals surface area (Å²) in [4.78, 5) is 20.0. The minimum Gasteiger partial charge on any atom is -0.481 e. The number of carbonyl (C=O) groups is 1. The lowest BCUT2D eigenvalue weighted by Crippen LogP contribution is -2.30. The average Bonchev–Trinajstić information content (AvgIpc) is 2.70. The van der Waals surface area contributed by atoms with Gasteiger partial charge in [0, 0.05) is 23.1 Å². The second kappa shape index (κ2) is 8.89. The molecule has 29 heavy (non-hydrogen) atoms. The summed E-state index contributed by atoms with van der Waals surface area (Å²) in [7, 11) is -3.84. The highest BCUT2D eigenvalue weighted by molar-refractivity contribution is 7.92. The van der Waals surface area contributed by atoms with E-state index in [2.05, 4.69) is 20.0 Å². The van der Waals surface area contributed by atoms with Crippen LogP contribution in [0.3, 0.4) is 0 Å². The van der Waals surface area contributed by atoms with E-state index >= 15 is 0 Å². The number of sulfonamides is 1. The van der Waals surface area contributed by atoms with Gasteiger partial charge >= 0.3 is 0 Å². The third kappa shape index (κ3) is 5.66. The Kier molecular flexibility index (Phi) is 6.30. The number of anilines is 2. The van der Waals surface area contributed by atoms with E-state index < -0.39 is 16.1 Å². The molecule has 0 saturated carbocycles. The van der Waals surface area contributed by atoms with Crippen molar-refractivity contribution in [2.45, 2.75) is 17.9 Å². The Labute approximate surface area is 173 Å². The Balaban J connectivity index is 1.62. The highest BCUT2D eigenvalue weighted by atomic mass is 35.5. The van der Waals surface area contributed by atoms with Gasteiger partial charge in [-0.25, -0.2) is 23.1 Å². The molecule has 1 unspecified atom stereocenters. The largest absolute Gasteiger partial charge is 0.481 e. The summed E-state index contributed by atoms with van der Waals surface area (Å²) in [6, 6.07) is 13.9. The zero-order valence-corrected chi connectivity index (χ0v) is 16.8. The van der Waals surface area contributed by atoms with Crippen LogP contribution < -0.4 is 14.8 Å². The number of hydrogen-bond donors (Lipinski definition) is 2. The van der Waals surface area contributed by atoms with Gasteiger partial charge in [-0.05, 0) is 61.5 Å². The summed E-state index contributed by atoms with van der Waals surface area (Å²) in [5, 5.41) is 3.24. The van der Waals surface area contributed by atoms with Crippen LogP contribution in [0.25, 0.3) is 0 Å². The topological polar surface area (TPSA) is 110 Å². The van der Waals surface area contributed by atoms with Gasteiger partial charge in [0.05, 0.1) is 4.90 Å². The van der Waals surface area contributed by atoms with Crippen LogP contribution in [0.15, 0.2) is 71.9 Å². The fraction of sp³-hybridized carbons (Fsp3) is 0.105. The normalized spacial score (nSPS) is 12.1. The van der Waals surface area contributed by atoms with E-state index in [-0.39, 0.29) is 16.8 Å². The van der Waals surface area contributed by atoms with Gasteiger partial charge in [0.25, 0.3) is 15.9 Å². The molecule has 1 atom stereocenters. The number of amides is 1. The number of nitrogens with zero attached hydrogens (tertiary/aromatic N) is 2. The van der Waals surface area contributed by atoms with E-state index in [1.54, 1.807) is 37.3 Å². The maximum Gasteiger partial charge on any atom is 0.265 e. The Morgan fingerprint density at radius 1 is 1.03 bits per heavy atom. The molecule has 1 amide bonds. The third-order valence-electron chi connectivity index (χ3n) is 3.72.